The molecule has 0 saturated carbocycles. The molecule has 0 radical (unpaired) electrons. The second kappa shape index (κ2) is 6.24. The van der Waals surface area contributed by atoms with Crippen LogP contribution in [0, 0.1) is 6.92 Å². The number of carbonyl (C=O) groups is 1. The summed E-state index contributed by atoms with van der Waals surface area (Å²) in [7, 11) is 0. The Morgan fingerprint density at radius 1 is 1.10 bits per heavy atom. The van der Waals surface area contributed by atoms with E-state index in [1.807, 2.05) is 25.1 Å². The van der Waals surface area contributed by atoms with E-state index in [1.165, 1.54) is 5.56 Å². The molecule has 0 heterocycles. The monoisotopic (exact) mass is 269 g/mol. The molecule has 0 aliphatic heterocycles. The van der Waals surface area contributed by atoms with E-state index in [2.05, 4.69) is 36.5 Å². The van der Waals surface area contributed by atoms with E-state index in [9.17, 15) is 4.79 Å². The van der Waals surface area contributed by atoms with Gasteiger partial charge in [-0.1, -0.05) is 31.2 Å². The van der Waals surface area contributed by atoms with Gasteiger partial charge in [0.05, 0.1) is 6.42 Å². The Morgan fingerprint density at radius 3 is 2.30 bits per heavy atom. The standard InChI is InChI=1S/C17H19NO2/c1-3-13-4-7-15(8-5-13)18-16-9-6-14(10-12(16)2)11-17(19)20/h4-10,18H,3,11H2,1-2H3,(H,19,20). The van der Waals surface area contributed by atoms with E-state index in [0.717, 1.165) is 28.9 Å². The summed E-state index contributed by atoms with van der Waals surface area (Å²) in [4.78, 5) is 10.7. The molecule has 20 heavy (non-hydrogen) atoms. The van der Waals surface area contributed by atoms with Crippen LogP contribution in [0.15, 0.2) is 42.5 Å². The number of hydrogen-bond acceptors (Lipinski definition) is 2. The highest BCUT2D eigenvalue weighted by Crippen LogP contribution is 2.22. The van der Waals surface area contributed by atoms with Crippen molar-refractivity contribution >= 4 is 17.3 Å². The highest BCUT2D eigenvalue weighted by Gasteiger charge is 2.04. The SMILES string of the molecule is CCc1ccc(Nc2ccc(CC(=O)O)cc2C)cc1. The van der Waals surface area contributed by atoms with Crippen molar-refractivity contribution in [2.24, 2.45) is 0 Å². The first-order chi connectivity index (χ1) is 9.58. The molecule has 0 amide bonds. The second-order valence-corrected chi connectivity index (χ2v) is 4.90. The van der Waals surface area contributed by atoms with Crippen LogP contribution < -0.4 is 5.32 Å². The zero-order chi connectivity index (χ0) is 14.5. The molecule has 0 spiro atoms. The highest BCUT2D eigenvalue weighted by molar-refractivity contribution is 5.71. The van der Waals surface area contributed by atoms with E-state index in [1.54, 1.807) is 0 Å². The average molecular weight is 269 g/mol. The number of aryl methyl sites for hydroxylation is 2. The van der Waals surface area contributed by atoms with Gasteiger partial charge in [0.1, 0.15) is 0 Å². The molecule has 0 atom stereocenters. The molecule has 0 bridgehead atoms. The van der Waals surface area contributed by atoms with Crippen LogP contribution in [0.2, 0.25) is 0 Å². The molecule has 0 fully saturated rings. The summed E-state index contributed by atoms with van der Waals surface area (Å²) in [5.41, 5.74) is 5.22. The van der Waals surface area contributed by atoms with Crippen LogP contribution in [0.1, 0.15) is 23.6 Å². The first kappa shape index (κ1) is 14.1. The Bertz CT molecular complexity index is 603. The second-order valence-electron chi connectivity index (χ2n) is 4.90. The number of benzene rings is 2. The summed E-state index contributed by atoms with van der Waals surface area (Å²) >= 11 is 0. The zero-order valence-electron chi connectivity index (χ0n) is 11.8. The van der Waals surface area contributed by atoms with Crippen molar-refractivity contribution < 1.29 is 9.90 Å². The van der Waals surface area contributed by atoms with Crippen molar-refractivity contribution in [3.8, 4) is 0 Å². The van der Waals surface area contributed by atoms with Gasteiger partial charge in [0.2, 0.25) is 0 Å². The van der Waals surface area contributed by atoms with Crippen LogP contribution in [0.3, 0.4) is 0 Å². The summed E-state index contributed by atoms with van der Waals surface area (Å²) in [6.07, 6.45) is 1.09. The quantitative estimate of drug-likeness (QED) is 0.864. The fraction of sp³-hybridized carbons (Fsp3) is 0.235. The molecule has 104 valence electrons. The lowest BCUT2D eigenvalue weighted by atomic mass is 10.1. The third-order valence-corrected chi connectivity index (χ3v) is 3.29. The van der Waals surface area contributed by atoms with E-state index >= 15 is 0 Å². The van der Waals surface area contributed by atoms with Gasteiger partial charge in [-0.25, -0.2) is 0 Å². The molecular weight excluding hydrogens is 250 g/mol. The van der Waals surface area contributed by atoms with Gasteiger partial charge in [-0.3, -0.25) is 4.79 Å². The molecular formula is C17H19NO2. The average Bonchev–Trinajstić information content (AvgIpc) is 2.42. The van der Waals surface area contributed by atoms with Crippen molar-refractivity contribution in [2.45, 2.75) is 26.7 Å². The van der Waals surface area contributed by atoms with Crippen molar-refractivity contribution in [1.29, 1.82) is 0 Å². The van der Waals surface area contributed by atoms with Gasteiger partial charge < -0.3 is 10.4 Å². The van der Waals surface area contributed by atoms with Crippen LogP contribution in [0.5, 0.6) is 0 Å². The summed E-state index contributed by atoms with van der Waals surface area (Å²) < 4.78 is 0. The summed E-state index contributed by atoms with van der Waals surface area (Å²) in [5.74, 6) is -0.805. The molecule has 0 aliphatic carbocycles. The lowest BCUT2D eigenvalue weighted by Gasteiger charge is -2.11. The van der Waals surface area contributed by atoms with Gasteiger partial charge in [-0.2, -0.15) is 0 Å². The molecule has 0 aromatic heterocycles. The maximum atomic E-state index is 10.7. The zero-order valence-corrected chi connectivity index (χ0v) is 11.8. The topological polar surface area (TPSA) is 49.3 Å². The Morgan fingerprint density at radius 2 is 1.75 bits per heavy atom. The smallest absolute Gasteiger partial charge is 0.307 e. The molecule has 0 unspecified atom stereocenters. The number of aliphatic carboxylic acids is 1. The minimum Gasteiger partial charge on any atom is -0.481 e. The van der Waals surface area contributed by atoms with E-state index in [4.69, 9.17) is 5.11 Å². The Hall–Kier alpha value is -2.29. The van der Waals surface area contributed by atoms with Crippen LogP contribution in [-0.4, -0.2) is 11.1 Å². The van der Waals surface area contributed by atoms with E-state index in [0.29, 0.717) is 0 Å². The molecule has 0 aliphatic rings. The Kier molecular flexibility index (Phi) is 4.41. The summed E-state index contributed by atoms with van der Waals surface area (Å²) in [6.45, 7) is 4.11. The molecule has 0 saturated heterocycles. The molecule has 2 rings (SSSR count). The first-order valence-corrected chi connectivity index (χ1v) is 6.75. The van der Waals surface area contributed by atoms with Crippen molar-refractivity contribution in [1.82, 2.24) is 0 Å². The van der Waals surface area contributed by atoms with E-state index in [-0.39, 0.29) is 6.42 Å². The van der Waals surface area contributed by atoms with Crippen LogP contribution in [0.4, 0.5) is 11.4 Å². The third kappa shape index (κ3) is 3.60. The molecule has 2 N–H and O–H groups in total. The molecule has 3 nitrogen and oxygen atoms in total. The fourth-order valence-electron chi connectivity index (χ4n) is 2.13. The van der Waals surface area contributed by atoms with Crippen molar-refractivity contribution in [3.05, 3.63) is 59.2 Å². The fourth-order valence-corrected chi connectivity index (χ4v) is 2.13. The number of hydrogen-bond donors (Lipinski definition) is 2. The first-order valence-electron chi connectivity index (χ1n) is 6.75. The Balaban J connectivity index is 2.14. The van der Waals surface area contributed by atoms with Gasteiger partial charge in [-0.05, 0) is 48.2 Å². The van der Waals surface area contributed by atoms with Crippen molar-refractivity contribution in [2.75, 3.05) is 5.32 Å². The summed E-state index contributed by atoms with van der Waals surface area (Å²) in [5, 5.41) is 12.2. The normalized spacial score (nSPS) is 10.3. The third-order valence-electron chi connectivity index (χ3n) is 3.29. The Labute approximate surface area is 119 Å². The van der Waals surface area contributed by atoms with Gasteiger partial charge in [0.15, 0.2) is 0 Å². The predicted molar refractivity (Wildman–Crippen MR) is 81.6 cm³/mol. The maximum Gasteiger partial charge on any atom is 0.307 e. The largest absolute Gasteiger partial charge is 0.481 e. The molecule has 2 aromatic rings. The predicted octanol–water partition coefficient (Wildman–Crippen LogP) is 3.93. The number of carboxylic acids is 1. The van der Waals surface area contributed by atoms with Gasteiger partial charge in [0.25, 0.3) is 0 Å². The minimum atomic E-state index is -0.805. The minimum absolute atomic E-state index is 0.0618. The van der Waals surface area contributed by atoms with Crippen LogP contribution in [0.25, 0.3) is 0 Å². The van der Waals surface area contributed by atoms with Gasteiger partial charge >= 0.3 is 5.97 Å². The molecule has 3 heteroatoms. The van der Waals surface area contributed by atoms with E-state index < -0.39 is 5.97 Å². The maximum absolute atomic E-state index is 10.7. The highest BCUT2D eigenvalue weighted by atomic mass is 16.4. The number of rotatable bonds is 5. The number of carboxylic acid groups (broad SMARTS) is 1. The lowest BCUT2D eigenvalue weighted by Crippen LogP contribution is -2.01. The summed E-state index contributed by atoms with van der Waals surface area (Å²) in [6, 6.07) is 14.0. The number of anilines is 2. The van der Waals surface area contributed by atoms with Gasteiger partial charge in [-0.15, -0.1) is 0 Å². The van der Waals surface area contributed by atoms with Gasteiger partial charge in [0, 0.05) is 11.4 Å². The van der Waals surface area contributed by atoms with Crippen LogP contribution >= 0.6 is 0 Å². The number of nitrogens with one attached hydrogen (secondary N) is 1. The molecule has 2 aromatic carbocycles. The lowest BCUT2D eigenvalue weighted by molar-refractivity contribution is -0.136. The van der Waals surface area contributed by atoms with Crippen molar-refractivity contribution in [3.63, 3.8) is 0 Å². The van der Waals surface area contributed by atoms with Crippen LogP contribution in [-0.2, 0) is 17.6 Å².